The van der Waals surface area contributed by atoms with E-state index in [-0.39, 0.29) is 11.8 Å². The third-order valence-corrected chi connectivity index (χ3v) is 5.91. The van der Waals surface area contributed by atoms with Crippen molar-refractivity contribution in [3.63, 3.8) is 0 Å². The van der Waals surface area contributed by atoms with E-state index in [1.807, 2.05) is 49.4 Å². The van der Waals surface area contributed by atoms with E-state index in [2.05, 4.69) is 10.2 Å². The average Bonchev–Trinajstić information content (AvgIpc) is 3.05. The highest BCUT2D eigenvalue weighted by molar-refractivity contribution is 6.37. The number of nitrogens with one attached hydrogen (secondary N) is 1. The Morgan fingerprint density at radius 3 is 2.44 bits per heavy atom. The minimum Gasteiger partial charge on any atom is -0.496 e. The fraction of sp³-hybridized carbons (Fsp3) is 0.360. The van der Waals surface area contributed by atoms with Gasteiger partial charge in [-0.1, -0.05) is 36.4 Å². The standard InChI is InChI=1S/C25H29N3O4/c1-18-8-3-5-10-20(18)26-23-22(19-9-4-6-11-21(19)31-2)24(29)28(25(23)30)13-7-12-27-14-16-32-17-15-27/h3-6,8-11,26H,7,12-17H2,1-2H3. The second-order valence-electron chi connectivity index (χ2n) is 7.96. The molecule has 32 heavy (non-hydrogen) atoms. The van der Waals surface area contributed by atoms with Gasteiger partial charge in [0, 0.05) is 37.4 Å². The monoisotopic (exact) mass is 435 g/mol. The molecule has 0 saturated carbocycles. The predicted molar refractivity (Wildman–Crippen MR) is 123 cm³/mol. The van der Waals surface area contributed by atoms with Crippen molar-refractivity contribution >= 4 is 23.1 Å². The molecule has 2 heterocycles. The quantitative estimate of drug-likeness (QED) is 0.643. The van der Waals surface area contributed by atoms with E-state index in [9.17, 15) is 9.59 Å². The molecule has 0 atom stereocenters. The number of imide groups is 1. The number of hydrogen-bond acceptors (Lipinski definition) is 6. The minimum absolute atomic E-state index is 0.292. The maximum absolute atomic E-state index is 13.5. The van der Waals surface area contributed by atoms with Crippen molar-refractivity contribution in [2.24, 2.45) is 0 Å². The number of morpholine rings is 1. The van der Waals surface area contributed by atoms with Crippen LogP contribution < -0.4 is 10.1 Å². The van der Waals surface area contributed by atoms with Gasteiger partial charge in [-0.2, -0.15) is 0 Å². The van der Waals surface area contributed by atoms with E-state index in [1.54, 1.807) is 13.2 Å². The number of rotatable bonds is 8. The molecule has 2 aromatic carbocycles. The van der Waals surface area contributed by atoms with Crippen molar-refractivity contribution in [2.75, 3.05) is 51.8 Å². The maximum atomic E-state index is 13.5. The molecule has 168 valence electrons. The van der Waals surface area contributed by atoms with Gasteiger partial charge in [-0.25, -0.2) is 0 Å². The zero-order chi connectivity index (χ0) is 22.5. The summed E-state index contributed by atoms with van der Waals surface area (Å²) in [7, 11) is 1.56. The summed E-state index contributed by atoms with van der Waals surface area (Å²) in [4.78, 5) is 30.5. The number of hydrogen-bond donors (Lipinski definition) is 1. The van der Waals surface area contributed by atoms with Crippen molar-refractivity contribution in [1.29, 1.82) is 0 Å². The van der Waals surface area contributed by atoms with Crippen LogP contribution in [0.2, 0.25) is 0 Å². The zero-order valence-electron chi connectivity index (χ0n) is 18.6. The first kappa shape index (κ1) is 22.0. The summed E-state index contributed by atoms with van der Waals surface area (Å²) in [5.41, 5.74) is 3.04. The molecule has 0 aliphatic carbocycles. The van der Waals surface area contributed by atoms with E-state index >= 15 is 0 Å². The number of ether oxygens (including phenoxy) is 2. The third-order valence-electron chi connectivity index (χ3n) is 5.91. The van der Waals surface area contributed by atoms with Crippen LogP contribution in [0.3, 0.4) is 0 Å². The number of carbonyl (C=O) groups excluding carboxylic acids is 2. The molecule has 2 amide bonds. The first-order valence-electron chi connectivity index (χ1n) is 11.0. The van der Waals surface area contributed by atoms with Crippen LogP contribution in [0.1, 0.15) is 17.5 Å². The van der Waals surface area contributed by atoms with Crippen molar-refractivity contribution in [3.8, 4) is 5.75 Å². The summed E-state index contributed by atoms with van der Waals surface area (Å²) < 4.78 is 10.9. The van der Waals surface area contributed by atoms with E-state index in [4.69, 9.17) is 9.47 Å². The number of para-hydroxylation sites is 2. The van der Waals surface area contributed by atoms with Crippen LogP contribution in [0.4, 0.5) is 5.69 Å². The Morgan fingerprint density at radius 2 is 1.69 bits per heavy atom. The average molecular weight is 436 g/mol. The molecular weight excluding hydrogens is 406 g/mol. The first-order chi connectivity index (χ1) is 15.6. The lowest BCUT2D eigenvalue weighted by Gasteiger charge is -2.27. The molecule has 4 rings (SSSR count). The largest absolute Gasteiger partial charge is 0.496 e. The van der Waals surface area contributed by atoms with E-state index in [0.29, 0.717) is 35.5 Å². The molecule has 1 saturated heterocycles. The summed E-state index contributed by atoms with van der Waals surface area (Å²) in [6, 6.07) is 15.0. The zero-order valence-corrected chi connectivity index (χ0v) is 18.6. The topological polar surface area (TPSA) is 71.1 Å². The number of anilines is 1. The molecule has 0 aromatic heterocycles. The highest BCUT2D eigenvalue weighted by atomic mass is 16.5. The third kappa shape index (κ3) is 4.54. The molecule has 1 N–H and O–H groups in total. The number of carbonyl (C=O) groups is 2. The van der Waals surface area contributed by atoms with Gasteiger partial charge in [0.2, 0.25) is 0 Å². The summed E-state index contributed by atoms with van der Waals surface area (Å²) in [6.45, 7) is 6.38. The van der Waals surface area contributed by atoms with Gasteiger partial charge in [-0.3, -0.25) is 19.4 Å². The smallest absolute Gasteiger partial charge is 0.278 e. The number of nitrogens with zero attached hydrogens (tertiary/aromatic N) is 2. The lowest BCUT2D eigenvalue weighted by molar-refractivity contribution is -0.136. The maximum Gasteiger partial charge on any atom is 0.278 e. The lowest BCUT2D eigenvalue weighted by Crippen LogP contribution is -2.39. The molecule has 0 unspecified atom stereocenters. The van der Waals surface area contributed by atoms with E-state index in [1.165, 1.54) is 4.90 Å². The van der Waals surface area contributed by atoms with Crippen molar-refractivity contribution in [1.82, 2.24) is 9.80 Å². The number of aryl methyl sites for hydroxylation is 1. The molecule has 2 aliphatic heterocycles. The first-order valence-corrected chi connectivity index (χ1v) is 11.0. The van der Waals surface area contributed by atoms with Crippen LogP contribution in [0.5, 0.6) is 5.75 Å². The van der Waals surface area contributed by atoms with Gasteiger partial charge in [-0.05, 0) is 31.0 Å². The molecule has 0 bridgehead atoms. The summed E-state index contributed by atoms with van der Waals surface area (Å²) in [6.07, 6.45) is 0.717. The van der Waals surface area contributed by atoms with Crippen LogP contribution in [-0.4, -0.2) is 68.1 Å². The summed E-state index contributed by atoms with van der Waals surface area (Å²) in [5.74, 6) is -0.0402. The highest BCUT2D eigenvalue weighted by Crippen LogP contribution is 2.35. The van der Waals surface area contributed by atoms with Gasteiger partial charge >= 0.3 is 0 Å². The number of benzene rings is 2. The van der Waals surface area contributed by atoms with Gasteiger partial charge in [0.25, 0.3) is 11.8 Å². The van der Waals surface area contributed by atoms with Gasteiger partial charge < -0.3 is 14.8 Å². The fourth-order valence-electron chi connectivity index (χ4n) is 4.12. The molecule has 0 radical (unpaired) electrons. The summed E-state index contributed by atoms with van der Waals surface area (Å²) in [5, 5.41) is 3.24. The SMILES string of the molecule is COc1ccccc1C1=C(Nc2ccccc2C)C(=O)N(CCCN2CCOCC2)C1=O. The molecule has 2 aliphatic rings. The molecule has 1 fully saturated rings. The van der Waals surface area contributed by atoms with Crippen molar-refractivity contribution < 1.29 is 19.1 Å². The van der Waals surface area contributed by atoms with Gasteiger partial charge in [0.05, 0.1) is 25.9 Å². The normalized spacial score (nSPS) is 17.2. The lowest BCUT2D eigenvalue weighted by atomic mass is 10.0. The Morgan fingerprint density at radius 1 is 0.969 bits per heavy atom. The van der Waals surface area contributed by atoms with Crippen LogP contribution >= 0.6 is 0 Å². The Kier molecular flexibility index (Phi) is 6.87. The van der Waals surface area contributed by atoms with Crippen LogP contribution in [0.15, 0.2) is 54.2 Å². The molecule has 0 spiro atoms. The summed E-state index contributed by atoms with van der Waals surface area (Å²) >= 11 is 0. The van der Waals surface area contributed by atoms with Gasteiger partial charge in [0.1, 0.15) is 11.4 Å². The van der Waals surface area contributed by atoms with Crippen LogP contribution in [0, 0.1) is 6.92 Å². The van der Waals surface area contributed by atoms with Crippen molar-refractivity contribution in [3.05, 3.63) is 65.4 Å². The van der Waals surface area contributed by atoms with Crippen molar-refractivity contribution in [2.45, 2.75) is 13.3 Å². The van der Waals surface area contributed by atoms with Crippen LogP contribution in [-0.2, 0) is 14.3 Å². The Hall–Kier alpha value is -3.16. The predicted octanol–water partition coefficient (Wildman–Crippen LogP) is 2.92. The minimum atomic E-state index is -0.305. The molecule has 7 nitrogen and oxygen atoms in total. The number of amides is 2. The molecule has 7 heteroatoms. The van der Waals surface area contributed by atoms with Gasteiger partial charge in [-0.15, -0.1) is 0 Å². The molecule has 2 aromatic rings. The van der Waals surface area contributed by atoms with E-state index in [0.717, 1.165) is 44.1 Å². The fourth-order valence-corrected chi connectivity index (χ4v) is 4.12. The second kappa shape index (κ2) is 9.97. The second-order valence-corrected chi connectivity index (χ2v) is 7.96. The number of methoxy groups -OCH3 is 1. The van der Waals surface area contributed by atoms with Gasteiger partial charge in [0.15, 0.2) is 0 Å². The Bertz CT molecular complexity index is 1030. The Labute approximate surface area is 188 Å². The highest BCUT2D eigenvalue weighted by Gasteiger charge is 2.40. The van der Waals surface area contributed by atoms with Crippen LogP contribution in [0.25, 0.3) is 5.57 Å². The Balaban J connectivity index is 1.61. The molecular formula is C25H29N3O4. The van der Waals surface area contributed by atoms with E-state index < -0.39 is 0 Å².